The molecule has 0 aliphatic heterocycles. The first-order valence-corrected chi connectivity index (χ1v) is 7.07. The zero-order valence-corrected chi connectivity index (χ0v) is 14.0. The number of nitrogens with zero attached hydrogens (tertiary/aromatic N) is 3. The molecule has 108 valence electrons. The standard InChI is InChI=1S/C13H22BrN3O2/c1-9(2)17(12(18)19-13(3,4)5)8-11-10(14)7-16(6)15-11/h7,9H,8H2,1-6H3. The van der Waals surface area contributed by atoms with Gasteiger partial charge in [-0.3, -0.25) is 9.58 Å². The maximum absolute atomic E-state index is 12.2. The van der Waals surface area contributed by atoms with Crippen molar-refractivity contribution < 1.29 is 9.53 Å². The first-order valence-electron chi connectivity index (χ1n) is 6.28. The lowest BCUT2D eigenvalue weighted by Gasteiger charge is -2.29. The number of rotatable bonds is 3. The molecule has 0 aliphatic carbocycles. The van der Waals surface area contributed by atoms with Crippen LogP contribution < -0.4 is 0 Å². The molecule has 0 radical (unpaired) electrons. The molecule has 0 bridgehead atoms. The largest absolute Gasteiger partial charge is 0.444 e. The molecule has 5 nitrogen and oxygen atoms in total. The Bertz CT molecular complexity index is 449. The smallest absolute Gasteiger partial charge is 0.410 e. The average molecular weight is 332 g/mol. The minimum atomic E-state index is -0.494. The van der Waals surface area contributed by atoms with Crippen molar-refractivity contribution in [1.29, 1.82) is 0 Å². The maximum Gasteiger partial charge on any atom is 0.410 e. The van der Waals surface area contributed by atoms with Crippen LogP contribution in [0, 0.1) is 0 Å². The molecule has 0 saturated heterocycles. The van der Waals surface area contributed by atoms with Gasteiger partial charge >= 0.3 is 6.09 Å². The number of ether oxygens (including phenoxy) is 1. The van der Waals surface area contributed by atoms with E-state index in [9.17, 15) is 4.79 Å². The number of amides is 1. The van der Waals surface area contributed by atoms with E-state index in [4.69, 9.17) is 4.74 Å². The van der Waals surface area contributed by atoms with Crippen LogP contribution >= 0.6 is 15.9 Å². The minimum absolute atomic E-state index is 0.0451. The lowest BCUT2D eigenvalue weighted by atomic mass is 10.2. The van der Waals surface area contributed by atoms with Gasteiger partial charge in [0.1, 0.15) is 5.60 Å². The number of carbonyl (C=O) groups is 1. The van der Waals surface area contributed by atoms with Crippen LogP contribution in [0.15, 0.2) is 10.7 Å². The fourth-order valence-corrected chi connectivity index (χ4v) is 2.05. The highest BCUT2D eigenvalue weighted by Gasteiger charge is 2.25. The molecule has 1 heterocycles. The van der Waals surface area contributed by atoms with Gasteiger partial charge in [0.15, 0.2) is 0 Å². The molecule has 19 heavy (non-hydrogen) atoms. The van der Waals surface area contributed by atoms with Gasteiger partial charge in [-0.2, -0.15) is 5.10 Å². The Morgan fingerprint density at radius 2 is 2.11 bits per heavy atom. The van der Waals surface area contributed by atoms with E-state index in [0.29, 0.717) is 6.54 Å². The fourth-order valence-electron chi connectivity index (χ4n) is 1.55. The molecule has 0 atom stereocenters. The molecule has 0 aliphatic rings. The van der Waals surface area contributed by atoms with Gasteiger partial charge in [0, 0.05) is 19.3 Å². The summed E-state index contributed by atoms with van der Waals surface area (Å²) in [5, 5.41) is 4.33. The summed E-state index contributed by atoms with van der Waals surface area (Å²) < 4.78 is 8.03. The lowest BCUT2D eigenvalue weighted by Crippen LogP contribution is -2.40. The van der Waals surface area contributed by atoms with E-state index in [1.54, 1.807) is 9.58 Å². The lowest BCUT2D eigenvalue weighted by molar-refractivity contribution is 0.0168. The second kappa shape index (κ2) is 5.94. The number of halogens is 1. The first kappa shape index (κ1) is 16.0. The van der Waals surface area contributed by atoms with Crippen LogP contribution in [-0.4, -0.2) is 32.4 Å². The zero-order chi connectivity index (χ0) is 14.8. The van der Waals surface area contributed by atoms with Gasteiger partial charge in [0.05, 0.1) is 16.7 Å². The topological polar surface area (TPSA) is 47.4 Å². The van der Waals surface area contributed by atoms with E-state index in [2.05, 4.69) is 21.0 Å². The summed E-state index contributed by atoms with van der Waals surface area (Å²) in [4.78, 5) is 13.8. The molecular weight excluding hydrogens is 310 g/mol. The van der Waals surface area contributed by atoms with Gasteiger partial charge in [0.2, 0.25) is 0 Å². The van der Waals surface area contributed by atoms with Crippen molar-refractivity contribution in [1.82, 2.24) is 14.7 Å². The molecule has 0 N–H and O–H groups in total. The van der Waals surface area contributed by atoms with Crippen molar-refractivity contribution in [3.63, 3.8) is 0 Å². The Labute approximate surface area is 123 Å². The maximum atomic E-state index is 12.2. The SMILES string of the molecule is CC(C)N(Cc1nn(C)cc1Br)C(=O)OC(C)(C)C. The molecule has 1 aromatic heterocycles. The molecular formula is C13H22BrN3O2. The average Bonchev–Trinajstić information content (AvgIpc) is 2.50. The van der Waals surface area contributed by atoms with E-state index in [1.807, 2.05) is 47.9 Å². The monoisotopic (exact) mass is 331 g/mol. The zero-order valence-electron chi connectivity index (χ0n) is 12.4. The highest BCUT2D eigenvalue weighted by atomic mass is 79.9. The highest BCUT2D eigenvalue weighted by molar-refractivity contribution is 9.10. The molecule has 0 fully saturated rings. The Morgan fingerprint density at radius 3 is 2.47 bits per heavy atom. The van der Waals surface area contributed by atoms with Crippen LogP contribution in [0.25, 0.3) is 0 Å². The van der Waals surface area contributed by atoms with Crippen LogP contribution in [0.4, 0.5) is 4.79 Å². The second-order valence-corrected chi connectivity index (χ2v) is 6.65. The summed E-state index contributed by atoms with van der Waals surface area (Å²) in [5.41, 5.74) is 0.327. The Kier molecular flexibility index (Phi) is 5.01. The quantitative estimate of drug-likeness (QED) is 0.853. The van der Waals surface area contributed by atoms with Crippen molar-refractivity contribution in [2.45, 2.75) is 52.8 Å². The van der Waals surface area contributed by atoms with E-state index in [-0.39, 0.29) is 12.1 Å². The third-order valence-corrected chi connectivity index (χ3v) is 3.09. The summed E-state index contributed by atoms with van der Waals surface area (Å²) in [6.45, 7) is 9.93. The van der Waals surface area contributed by atoms with Crippen LogP contribution in [-0.2, 0) is 18.3 Å². The predicted octanol–water partition coefficient (Wildman–Crippen LogP) is 3.33. The normalized spacial score (nSPS) is 11.8. The summed E-state index contributed by atoms with van der Waals surface area (Å²) >= 11 is 3.44. The van der Waals surface area contributed by atoms with Crippen molar-refractivity contribution >= 4 is 22.0 Å². The van der Waals surface area contributed by atoms with Gasteiger partial charge in [-0.05, 0) is 50.5 Å². The van der Waals surface area contributed by atoms with E-state index in [1.165, 1.54) is 0 Å². The molecule has 0 aromatic carbocycles. The van der Waals surface area contributed by atoms with Crippen molar-refractivity contribution in [3.8, 4) is 0 Å². The van der Waals surface area contributed by atoms with Crippen molar-refractivity contribution in [2.75, 3.05) is 0 Å². The number of hydrogen-bond acceptors (Lipinski definition) is 3. The van der Waals surface area contributed by atoms with Gasteiger partial charge in [-0.1, -0.05) is 0 Å². The van der Waals surface area contributed by atoms with Crippen LogP contribution in [0.3, 0.4) is 0 Å². The van der Waals surface area contributed by atoms with Gasteiger partial charge in [-0.25, -0.2) is 4.79 Å². The number of aromatic nitrogens is 2. The molecule has 1 amide bonds. The van der Waals surface area contributed by atoms with Crippen LogP contribution in [0.5, 0.6) is 0 Å². The van der Waals surface area contributed by atoms with Gasteiger partial charge in [0.25, 0.3) is 0 Å². The second-order valence-electron chi connectivity index (χ2n) is 5.80. The molecule has 6 heteroatoms. The third kappa shape index (κ3) is 4.86. The molecule has 0 spiro atoms. The number of hydrogen-bond donors (Lipinski definition) is 0. The number of aryl methyl sites for hydroxylation is 1. The predicted molar refractivity (Wildman–Crippen MR) is 77.8 cm³/mol. The third-order valence-electron chi connectivity index (χ3n) is 2.43. The van der Waals surface area contributed by atoms with Gasteiger partial charge in [-0.15, -0.1) is 0 Å². The molecule has 1 rings (SSSR count). The van der Waals surface area contributed by atoms with Crippen molar-refractivity contribution in [3.05, 3.63) is 16.4 Å². The highest BCUT2D eigenvalue weighted by Crippen LogP contribution is 2.19. The molecule has 0 unspecified atom stereocenters. The van der Waals surface area contributed by atoms with E-state index < -0.39 is 5.60 Å². The summed E-state index contributed by atoms with van der Waals surface area (Å²) in [6, 6.07) is 0.0451. The minimum Gasteiger partial charge on any atom is -0.444 e. The Hall–Kier alpha value is -1.04. The fraction of sp³-hybridized carbons (Fsp3) is 0.692. The van der Waals surface area contributed by atoms with E-state index in [0.717, 1.165) is 10.2 Å². The first-order chi connectivity index (χ1) is 8.60. The Balaban J connectivity index is 2.84. The van der Waals surface area contributed by atoms with Crippen LogP contribution in [0.1, 0.15) is 40.3 Å². The van der Waals surface area contributed by atoms with Gasteiger partial charge < -0.3 is 4.74 Å². The molecule has 0 saturated carbocycles. The number of carbonyl (C=O) groups excluding carboxylic acids is 1. The van der Waals surface area contributed by atoms with Crippen LogP contribution in [0.2, 0.25) is 0 Å². The summed E-state index contributed by atoms with van der Waals surface area (Å²) in [7, 11) is 1.85. The summed E-state index contributed by atoms with van der Waals surface area (Å²) in [6.07, 6.45) is 1.54. The van der Waals surface area contributed by atoms with E-state index >= 15 is 0 Å². The van der Waals surface area contributed by atoms with Crippen molar-refractivity contribution in [2.24, 2.45) is 7.05 Å². The molecule has 1 aromatic rings. The Morgan fingerprint density at radius 1 is 1.53 bits per heavy atom. The summed E-state index contributed by atoms with van der Waals surface area (Å²) in [5.74, 6) is 0.